The quantitative estimate of drug-likeness (QED) is 0.906. The zero-order valence-electron chi connectivity index (χ0n) is 12.3. The fourth-order valence-electron chi connectivity index (χ4n) is 3.14. The van der Waals surface area contributed by atoms with Gasteiger partial charge in [0, 0.05) is 22.0 Å². The maximum absolute atomic E-state index is 12.2. The number of thiophene rings is 1. The molecular weight excluding hydrogens is 280 g/mol. The van der Waals surface area contributed by atoms with Gasteiger partial charge in [-0.1, -0.05) is 24.6 Å². The van der Waals surface area contributed by atoms with Crippen LogP contribution in [0.4, 0.5) is 0 Å². The molecule has 0 bridgehead atoms. The van der Waals surface area contributed by atoms with Crippen LogP contribution in [0, 0.1) is 5.92 Å². The first-order chi connectivity index (χ1) is 10.1. The summed E-state index contributed by atoms with van der Waals surface area (Å²) in [5.41, 5.74) is 6.04. The minimum atomic E-state index is 0.0625. The van der Waals surface area contributed by atoms with Crippen LogP contribution in [-0.4, -0.2) is 11.9 Å². The lowest BCUT2D eigenvalue weighted by Crippen LogP contribution is -2.32. The van der Waals surface area contributed by atoms with Crippen molar-refractivity contribution in [2.75, 3.05) is 0 Å². The van der Waals surface area contributed by atoms with Crippen molar-refractivity contribution in [1.29, 1.82) is 0 Å². The molecule has 0 radical (unpaired) electrons. The van der Waals surface area contributed by atoms with Crippen LogP contribution in [0.1, 0.15) is 43.5 Å². The second-order valence-corrected chi connectivity index (χ2v) is 7.15. The summed E-state index contributed by atoms with van der Waals surface area (Å²) < 4.78 is 1.27. The molecule has 0 saturated heterocycles. The Balaban J connectivity index is 1.62. The molecule has 1 aromatic carbocycles. The first kappa shape index (κ1) is 14.5. The summed E-state index contributed by atoms with van der Waals surface area (Å²) in [6, 6.07) is 10.8. The standard InChI is InChI=1S/C17H22N2OS/c1-11(16-9-13-5-2-3-8-15(13)21-16)19-17(20)10-12-6-4-7-14(12)18/h2-3,5,8-9,11-12,14H,4,6-7,10,18H2,1H3,(H,19,20)/t11?,12-,14+/m0/s1. The normalized spacial score (nSPS) is 23.3. The van der Waals surface area contributed by atoms with Crippen LogP contribution in [0.25, 0.3) is 10.1 Å². The van der Waals surface area contributed by atoms with Crippen LogP contribution in [0.15, 0.2) is 30.3 Å². The van der Waals surface area contributed by atoms with Gasteiger partial charge >= 0.3 is 0 Å². The molecule has 3 atom stereocenters. The summed E-state index contributed by atoms with van der Waals surface area (Å²) in [7, 11) is 0. The van der Waals surface area contributed by atoms with Crippen LogP contribution in [-0.2, 0) is 4.79 Å². The first-order valence-electron chi connectivity index (χ1n) is 7.67. The van der Waals surface area contributed by atoms with Gasteiger partial charge in [-0.15, -0.1) is 11.3 Å². The predicted octanol–water partition coefficient (Wildman–Crippen LogP) is 3.60. The fraction of sp³-hybridized carbons (Fsp3) is 0.471. The highest BCUT2D eigenvalue weighted by Gasteiger charge is 2.26. The molecule has 3 N–H and O–H groups in total. The van der Waals surface area contributed by atoms with Crippen molar-refractivity contribution in [1.82, 2.24) is 5.32 Å². The molecule has 3 nitrogen and oxygen atoms in total. The summed E-state index contributed by atoms with van der Waals surface area (Å²) in [4.78, 5) is 13.4. The molecule has 1 unspecified atom stereocenters. The first-order valence-corrected chi connectivity index (χ1v) is 8.48. The molecule has 21 heavy (non-hydrogen) atoms. The number of nitrogens with one attached hydrogen (secondary N) is 1. The number of hydrogen-bond donors (Lipinski definition) is 2. The van der Waals surface area contributed by atoms with Gasteiger partial charge in [-0.2, -0.15) is 0 Å². The summed E-state index contributed by atoms with van der Waals surface area (Å²) >= 11 is 1.75. The highest BCUT2D eigenvalue weighted by atomic mass is 32.1. The van der Waals surface area contributed by atoms with Crippen molar-refractivity contribution < 1.29 is 4.79 Å². The number of rotatable bonds is 4. The minimum Gasteiger partial charge on any atom is -0.349 e. The lowest BCUT2D eigenvalue weighted by atomic mass is 10.00. The molecule has 112 valence electrons. The molecule has 1 heterocycles. The van der Waals surface area contributed by atoms with E-state index in [2.05, 4.69) is 30.4 Å². The van der Waals surface area contributed by atoms with E-state index in [-0.39, 0.29) is 18.0 Å². The van der Waals surface area contributed by atoms with Gasteiger partial charge in [-0.05, 0) is 43.2 Å². The lowest BCUT2D eigenvalue weighted by Gasteiger charge is -2.17. The number of benzene rings is 1. The average Bonchev–Trinajstić information content (AvgIpc) is 3.05. The van der Waals surface area contributed by atoms with Crippen molar-refractivity contribution in [2.24, 2.45) is 11.7 Å². The molecule has 4 heteroatoms. The topological polar surface area (TPSA) is 55.1 Å². The maximum Gasteiger partial charge on any atom is 0.220 e. The molecule has 1 amide bonds. The van der Waals surface area contributed by atoms with Gasteiger partial charge in [0.1, 0.15) is 0 Å². The van der Waals surface area contributed by atoms with E-state index in [1.807, 2.05) is 12.1 Å². The Hall–Kier alpha value is -1.39. The average molecular weight is 302 g/mol. The molecule has 1 fully saturated rings. The Bertz CT molecular complexity index is 604. The van der Waals surface area contributed by atoms with E-state index in [0.29, 0.717) is 12.3 Å². The Labute approximate surface area is 129 Å². The largest absolute Gasteiger partial charge is 0.349 e. The molecule has 1 aliphatic rings. The second-order valence-electron chi connectivity index (χ2n) is 6.03. The zero-order chi connectivity index (χ0) is 14.8. The van der Waals surface area contributed by atoms with E-state index in [1.165, 1.54) is 15.0 Å². The van der Waals surface area contributed by atoms with E-state index < -0.39 is 0 Å². The third kappa shape index (κ3) is 3.27. The molecule has 1 aliphatic carbocycles. The van der Waals surface area contributed by atoms with Gasteiger partial charge in [-0.3, -0.25) is 4.79 Å². The van der Waals surface area contributed by atoms with Gasteiger partial charge < -0.3 is 11.1 Å². The molecule has 3 rings (SSSR count). The van der Waals surface area contributed by atoms with Gasteiger partial charge in [0.25, 0.3) is 0 Å². The Morgan fingerprint density at radius 2 is 2.24 bits per heavy atom. The summed E-state index contributed by atoms with van der Waals surface area (Å²) in [6.07, 6.45) is 3.87. The Morgan fingerprint density at radius 1 is 1.43 bits per heavy atom. The minimum absolute atomic E-state index is 0.0625. The maximum atomic E-state index is 12.2. The van der Waals surface area contributed by atoms with Crippen molar-refractivity contribution in [3.63, 3.8) is 0 Å². The van der Waals surface area contributed by atoms with Gasteiger partial charge in [0.15, 0.2) is 0 Å². The Morgan fingerprint density at radius 3 is 2.95 bits per heavy atom. The second kappa shape index (κ2) is 6.16. The van der Waals surface area contributed by atoms with Gasteiger partial charge in [0.2, 0.25) is 5.91 Å². The number of amides is 1. The molecule has 0 spiro atoms. The molecule has 1 saturated carbocycles. The molecule has 0 aliphatic heterocycles. The zero-order valence-corrected chi connectivity index (χ0v) is 13.2. The van der Waals surface area contributed by atoms with E-state index in [4.69, 9.17) is 5.73 Å². The third-order valence-electron chi connectivity index (χ3n) is 4.41. The van der Waals surface area contributed by atoms with Gasteiger partial charge in [-0.25, -0.2) is 0 Å². The number of nitrogens with two attached hydrogens (primary N) is 1. The number of hydrogen-bond acceptors (Lipinski definition) is 3. The molecule has 2 aromatic rings. The van der Waals surface area contributed by atoms with E-state index in [9.17, 15) is 4.79 Å². The van der Waals surface area contributed by atoms with Crippen LogP contribution in [0.5, 0.6) is 0 Å². The van der Waals surface area contributed by atoms with Crippen molar-refractivity contribution in [3.05, 3.63) is 35.2 Å². The summed E-state index contributed by atoms with van der Waals surface area (Å²) in [6.45, 7) is 2.05. The number of fused-ring (bicyclic) bond motifs is 1. The fourth-order valence-corrected chi connectivity index (χ4v) is 4.21. The monoisotopic (exact) mass is 302 g/mol. The number of carbonyl (C=O) groups excluding carboxylic acids is 1. The van der Waals surface area contributed by atoms with Gasteiger partial charge in [0.05, 0.1) is 6.04 Å². The van der Waals surface area contributed by atoms with E-state index in [1.54, 1.807) is 11.3 Å². The highest BCUT2D eigenvalue weighted by molar-refractivity contribution is 7.19. The van der Waals surface area contributed by atoms with Crippen LogP contribution >= 0.6 is 11.3 Å². The molecule has 1 aromatic heterocycles. The number of carbonyl (C=O) groups is 1. The smallest absolute Gasteiger partial charge is 0.220 e. The Kier molecular flexibility index (Phi) is 4.27. The lowest BCUT2D eigenvalue weighted by molar-refractivity contribution is -0.122. The molecular formula is C17H22N2OS. The third-order valence-corrected chi connectivity index (χ3v) is 5.71. The van der Waals surface area contributed by atoms with E-state index >= 15 is 0 Å². The van der Waals surface area contributed by atoms with Crippen molar-refractivity contribution in [2.45, 2.75) is 44.7 Å². The van der Waals surface area contributed by atoms with Crippen molar-refractivity contribution >= 4 is 27.3 Å². The van der Waals surface area contributed by atoms with Crippen molar-refractivity contribution in [3.8, 4) is 0 Å². The SMILES string of the molecule is CC(NC(=O)C[C@@H]1CCC[C@H]1N)c1cc2ccccc2s1. The summed E-state index contributed by atoms with van der Waals surface area (Å²) in [5, 5.41) is 4.37. The summed E-state index contributed by atoms with van der Waals surface area (Å²) in [5.74, 6) is 0.488. The van der Waals surface area contributed by atoms with Crippen LogP contribution in [0.3, 0.4) is 0 Å². The predicted molar refractivity (Wildman–Crippen MR) is 88.3 cm³/mol. The van der Waals surface area contributed by atoms with Crippen LogP contribution in [0.2, 0.25) is 0 Å². The highest BCUT2D eigenvalue weighted by Crippen LogP contribution is 2.30. The van der Waals surface area contributed by atoms with E-state index in [0.717, 1.165) is 19.3 Å². The van der Waals surface area contributed by atoms with Crippen LogP contribution < -0.4 is 11.1 Å².